The number of aromatic nitrogens is 2. The number of likely N-dealkylation sites (tertiary alicyclic amines) is 1. The topological polar surface area (TPSA) is 196 Å². The maximum Gasteiger partial charge on any atom is 0.262 e. The van der Waals surface area contributed by atoms with Gasteiger partial charge in [-0.15, -0.1) is 0 Å². The summed E-state index contributed by atoms with van der Waals surface area (Å²) in [6.07, 6.45) is 7.13. The van der Waals surface area contributed by atoms with Gasteiger partial charge in [-0.3, -0.25) is 34.1 Å². The van der Waals surface area contributed by atoms with Crippen LogP contribution in [0.3, 0.4) is 0 Å². The summed E-state index contributed by atoms with van der Waals surface area (Å²) in [5.74, 6) is 0.309. The molecule has 0 bridgehead atoms. The van der Waals surface area contributed by atoms with E-state index in [0.29, 0.717) is 18.1 Å². The largest absolute Gasteiger partial charge is 0.494 e. The van der Waals surface area contributed by atoms with Crippen LogP contribution in [0.5, 0.6) is 11.5 Å². The van der Waals surface area contributed by atoms with Gasteiger partial charge in [0.25, 0.3) is 11.8 Å². The molecule has 0 saturated carbocycles. The Morgan fingerprint density at radius 2 is 1.38 bits per heavy atom. The van der Waals surface area contributed by atoms with Crippen molar-refractivity contribution in [2.45, 2.75) is 70.4 Å². The highest BCUT2D eigenvalue weighted by Crippen LogP contribution is 2.34. The fourth-order valence-corrected chi connectivity index (χ4v) is 9.93. The van der Waals surface area contributed by atoms with Crippen LogP contribution in [0.15, 0.2) is 79.0 Å². The number of hydrogen-bond donors (Lipinski definition) is 3. The number of ether oxygens (including phenoxy) is 2. The number of nitrogens with one attached hydrogen (secondary N) is 3. The Balaban J connectivity index is 0.671. The molecule has 362 valence electrons. The van der Waals surface area contributed by atoms with Crippen molar-refractivity contribution in [3.8, 4) is 11.5 Å². The van der Waals surface area contributed by atoms with Gasteiger partial charge >= 0.3 is 0 Å². The first-order chi connectivity index (χ1) is 32.7. The SMILES string of the molecule is CC(C)(c1ccc(OCCCN2CCN(CC3CCN(CCCNc4ccc5c(c4)C(=O)N(C4CCC(=O)NC4=O)C5=O)CC3)CC2)cc1)c1ccc(OCc2ccnc(NS(C)(=O)=O)n2)cc1. The monoisotopic (exact) mass is 949 g/mol. The van der Waals surface area contributed by atoms with Crippen LogP contribution in [0.25, 0.3) is 0 Å². The Morgan fingerprint density at radius 1 is 0.750 bits per heavy atom. The minimum Gasteiger partial charge on any atom is -0.494 e. The molecule has 3 N–H and O–H groups in total. The van der Waals surface area contributed by atoms with Gasteiger partial charge in [-0.1, -0.05) is 38.1 Å². The van der Waals surface area contributed by atoms with E-state index in [4.69, 9.17) is 9.47 Å². The van der Waals surface area contributed by atoms with Gasteiger partial charge in [0.15, 0.2) is 0 Å². The van der Waals surface area contributed by atoms with Crippen molar-refractivity contribution in [2.75, 3.05) is 88.3 Å². The molecule has 3 aromatic carbocycles. The summed E-state index contributed by atoms with van der Waals surface area (Å²) in [6.45, 7) is 15.8. The van der Waals surface area contributed by atoms with E-state index in [-0.39, 0.29) is 47.8 Å². The van der Waals surface area contributed by atoms with Crippen molar-refractivity contribution in [1.82, 2.24) is 34.9 Å². The lowest BCUT2D eigenvalue weighted by Gasteiger charge is -2.39. The molecule has 4 aromatic rings. The fraction of sp³-hybridized carbons (Fsp3) is 0.480. The number of imide groups is 2. The molecular formula is C50H63N9O8S. The van der Waals surface area contributed by atoms with Gasteiger partial charge in [0, 0.05) is 69.5 Å². The quantitative estimate of drug-likeness (QED) is 0.0811. The van der Waals surface area contributed by atoms with Crippen LogP contribution in [0, 0.1) is 5.92 Å². The highest BCUT2D eigenvalue weighted by molar-refractivity contribution is 7.92. The standard InChI is InChI=1S/C50H63N9O8S/c1-50(2,37-8-13-41(14-9-37)67-34-39-18-22-52-49(53-39)55-68(3,64)65)36-6-11-40(12-7-36)66-31-5-24-57-27-29-58(30-28-57)33-35-19-25-56(26-20-35)23-4-21-51-38-10-15-42-43(32-38)48(63)59(47(42)62)44-16-17-45(60)54-46(44)61/h6-15,18,22,32,35,44,51H,4-5,16-17,19-21,23-31,33-34H2,1-3H3,(H,52,53,55)(H,54,60,61). The molecule has 1 unspecified atom stereocenters. The van der Waals surface area contributed by atoms with Crippen LogP contribution in [-0.4, -0.2) is 146 Å². The Labute approximate surface area is 399 Å². The van der Waals surface area contributed by atoms with Gasteiger partial charge in [-0.25, -0.2) is 18.4 Å². The van der Waals surface area contributed by atoms with Crippen molar-refractivity contribution in [2.24, 2.45) is 5.92 Å². The molecule has 0 radical (unpaired) electrons. The number of benzene rings is 3. The maximum absolute atomic E-state index is 13.2. The lowest BCUT2D eigenvalue weighted by molar-refractivity contribution is -0.136. The van der Waals surface area contributed by atoms with Crippen molar-refractivity contribution in [3.63, 3.8) is 0 Å². The van der Waals surface area contributed by atoms with E-state index < -0.39 is 33.8 Å². The normalized spacial score (nSPS) is 18.9. The van der Waals surface area contributed by atoms with E-state index in [0.717, 1.165) is 106 Å². The summed E-state index contributed by atoms with van der Waals surface area (Å²) in [6, 6.07) is 22.2. The van der Waals surface area contributed by atoms with Crippen LogP contribution >= 0.6 is 0 Å². The van der Waals surface area contributed by atoms with Crippen LogP contribution in [-0.2, 0) is 31.6 Å². The molecule has 1 aromatic heterocycles. The Hall–Kier alpha value is -5.95. The van der Waals surface area contributed by atoms with E-state index in [2.05, 4.69) is 90.3 Å². The predicted molar refractivity (Wildman–Crippen MR) is 258 cm³/mol. The lowest BCUT2D eigenvalue weighted by atomic mass is 9.78. The number of rotatable bonds is 20. The average molecular weight is 950 g/mol. The molecule has 1 atom stereocenters. The Bertz CT molecular complexity index is 2540. The maximum atomic E-state index is 13.2. The summed E-state index contributed by atoms with van der Waals surface area (Å²) in [5.41, 5.74) is 3.97. The third-order valence-corrected chi connectivity index (χ3v) is 14.1. The van der Waals surface area contributed by atoms with Gasteiger partial charge in [0.1, 0.15) is 24.1 Å². The minimum atomic E-state index is -3.47. The van der Waals surface area contributed by atoms with Crippen molar-refractivity contribution >= 4 is 45.3 Å². The molecule has 4 aliphatic rings. The molecule has 0 spiro atoms. The molecule has 4 aliphatic heterocycles. The van der Waals surface area contributed by atoms with E-state index in [1.165, 1.54) is 31.1 Å². The number of carbonyl (C=O) groups is 4. The second-order valence-electron chi connectivity index (χ2n) is 18.8. The van der Waals surface area contributed by atoms with E-state index in [1.54, 1.807) is 24.3 Å². The van der Waals surface area contributed by atoms with Crippen LogP contribution in [0.2, 0.25) is 0 Å². The van der Waals surface area contributed by atoms with Gasteiger partial charge in [-0.2, -0.15) is 0 Å². The van der Waals surface area contributed by atoms with Crippen LogP contribution < -0.4 is 24.8 Å². The van der Waals surface area contributed by atoms with E-state index in [9.17, 15) is 27.6 Å². The van der Waals surface area contributed by atoms with Crippen molar-refractivity contribution in [3.05, 3.63) is 107 Å². The average Bonchev–Trinajstić information content (AvgIpc) is 3.57. The van der Waals surface area contributed by atoms with E-state index >= 15 is 0 Å². The number of hydrogen-bond acceptors (Lipinski definition) is 14. The Kier molecular flexibility index (Phi) is 15.4. The van der Waals surface area contributed by atoms with Crippen molar-refractivity contribution < 1.29 is 37.1 Å². The molecule has 8 rings (SSSR count). The van der Waals surface area contributed by atoms with Gasteiger partial charge in [-0.05, 0) is 117 Å². The molecule has 0 aliphatic carbocycles. The summed E-state index contributed by atoms with van der Waals surface area (Å²) in [5, 5.41) is 5.64. The highest BCUT2D eigenvalue weighted by atomic mass is 32.2. The first-order valence-electron chi connectivity index (χ1n) is 23.7. The predicted octanol–water partition coefficient (Wildman–Crippen LogP) is 4.75. The smallest absolute Gasteiger partial charge is 0.262 e. The summed E-state index contributed by atoms with van der Waals surface area (Å²) >= 11 is 0. The molecule has 3 fully saturated rings. The highest BCUT2D eigenvalue weighted by Gasteiger charge is 2.44. The first kappa shape index (κ1) is 48.5. The third kappa shape index (κ3) is 12.4. The molecule has 5 heterocycles. The summed E-state index contributed by atoms with van der Waals surface area (Å²) in [4.78, 5) is 67.0. The zero-order valence-electron chi connectivity index (χ0n) is 39.2. The number of fused-ring (bicyclic) bond motifs is 1. The molecular weight excluding hydrogens is 887 g/mol. The molecule has 4 amide bonds. The minimum absolute atomic E-state index is 0.0116. The second kappa shape index (κ2) is 21.6. The number of nitrogens with zero attached hydrogens (tertiary/aromatic N) is 6. The third-order valence-electron chi connectivity index (χ3n) is 13.5. The number of carbonyl (C=O) groups excluding carboxylic acids is 4. The number of sulfonamides is 1. The number of piperazine rings is 1. The zero-order chi connectivity index (χ0) is 47.8. The number of anilines is 2. The molecule has 17 nitrogen and oxygen atoms in total. The fourth-order valence-electron chi connectivity index (χ4n) is 9.50. The summed E-state index contributed by atoms with van der Waals surface area (Å²) in [7, 11) is -3.47. The number of piperidine rings is 2. The molecule has 18 heteroatoms. The molecule has 3 saturated heterocycles. The zero-order valence-corrected chi connectivity index (χ0v) is 40.1. The van der Waals surface area contributed by atoms with Crippen LogP contribution in [0.4, 0.5) is 11.6 Å². The van der Waals surface area contributed by atoms with Gasteiger partial charge in [0.05, 0.1) is 29.7 Å². The van der Waals surface area contributed by atoms with Crippen LogP contribution in [0.1, 0.15) is 89.9 Å². The van der Waals surface area contributed by atoms with Crippen molar-refractivity contribution in [1.29, 1.82) is 0 Å². The van der Waals surface area contributed by atoms with Gasteiger partial charge in [0.2, 0.25) is 27.8 Å². The second-order valence-corrected chi connectivity index (χ2v) is 20.6. The lowest BCUT2D eigenvalue weighted by Crippen LogP contribution is -2.54. The molecule has 68 heavy (non-hydrogen) atoms. The Morgan fingerprint density at radius 3 is 2.06 bits per heavy atom. The summed E-state index contributed by atoms with van der Waals surface area (Å²) < 4.78 is 37.4. The number of amides is 4. The van der Waals surface area contributed by atoms with Gasteiger partial charge < -0.3 is 29.5 Å². The first-order valence-corrected chi connectivity index (χ1v) is 25.6. The van der Waals surface area contributed by atoms with E-state index in [1.807, 2.05) is 12.1 Å².